The first-order valence-corrected chi connectivity index (χ1v) is 7.60. The normalized spacial score (nSPS) is 18.0. The van der Waals surface area contributed by atoms with Gasteiger partial charge in [0.1, 0.15) is 0 Å². The Labute approximate surface area is 117 Å². The third-order valence-corrected chi connectivity index (χ3v) is 4.82. The molecule has 0 saturated heterocycles. The van der Waals surface area contributed by atoms with Gasteiger partial charge in [-0.25, -0.2) is 0 Å². The minimum absolute atomic E-state index is 0.528. The van der Waals surface area contributed by atoms with E-state index in [0.29, 0.717) is 6.04 Å². The molecule has 1 N–H and O–H groups in total. The standard InChI is InChI=1S/C15H16ClNS/c1-2-17-13-7-6-10-11(13)4-3-5-12(10)14-8-9-15(16)18-14/h3-5,8-9,13,17H,2,6-7H2,1H3. The Hall–Kier alpha value is -0.830. The first-order valence-electron chi connectivity index (χ1n) is 6.40. The Morgan fingerprint density at radius 2 is 2.22 bits per heavy atom. The Bertz CT molecular complexity index is 561. The summed E-state index contributed by atoms with van der Waals surface area (Å²) < 4.78 is 0.865. The zero-order chi connectivity index (χ0) is 12.5. The average Bonchev–Trinajstić information content (AvgIpc) is 2.97. The van der Waals surface area contributed by atoms with E-state index in [1.165, 1.54) is 34.4 Å². The number of rotatable bonds is 3. The molecule has 3 rings (SSSR count). The third kappa shape index (κ3) is 2.09. The van der Waals surface area contributed by atoms with Crippen molar-refractivity contribution in [2.24, 2.45) is 0 Å². The molecule has 2 aromatic rings. The number of fused-ring (bicyclic) bond motifs is 1. The topological polar surface area (TPSA) is 12.0 Å². The van der Waals surface area contributed by atoms with Crippen LogP contribution in [0.5, 0.6) is 0 Å². The van der Waals surface area contributed by atoms with Crippen molar-refractivity contribution in [1.82, 2.24) is 5.32 Å². The van der Waals surface area contributed by atoms with E-state index in [4.69, 9.17) is 11.6 Å². The molecule has 1 aliphatic carbocycles. The second-order valence-electron chi connectivity index (χ2n) is 4.63. The third-order valence-electron chi connectivity index (χ3n) is 3.56. The number of hydrogen-bond acceptors (Lipinski definition) is 2. The molecule has 0 spiro atoms. The SMILES string of the molecule is CCNC1CCc2c(-c3ccc(Cl)s3)cccc21. The molecule has 3 heteroatoms. The lowest BCUT2D eigenvalue weighted by atomic mass is 10.0. The van der Waals surface area contributed by atoms with Crippen LogP contribution in [0.4, 0.5) is 0 Å². The van der Waals surface area contributed by atoms with Crippen LogP contribution < -0.4 is 5.32 Å². The summed E-state index contributed by atoms with van der Waals surface area (Å²) in [6.07, 6.45) is 2.37. The van der Waals surface area contributed by atoms with E-state index < -0.39 is 0 Å². The highest BCUT2D eigenvalue weighted by atomic mass is 35.5. The van der Waals surface area contributed by atoms with Crippen LogP contribution >= 0.6 is 22.9 Å². The highest BCUT2D eigenvalue weighted by Crippen LogP contribution is 2.40. The highest BCUT2D eigenvalue weighted by Gasteiger charge is 2.24. The monoisotopic (exact) mass is 277 g/mol. The van der Waals surface area contributed by atoms with Crippen LogP contribution in [0.1, 0.15) is 30.5 Å². The maximum absolute atomic E-state index is 6.05. The Morgan fingerprint density at radius 3 is 2.94 bits per heavy atom. The van der Waals surface area contributed by atoms with Crippen LogP contribution in [0.25, 0.3) is 10.4 Å². The maximum atomic E-state index is 6.05. The maximum Gasteiger partial charge on any atom is 0.0934 e. The van der Waals surface area contributed by atoms with Crippen LogP contribution in [-0.4, -0.2) is 6.54 Å². The van der Waals surface area contributed by atoms with E-state index in [1.54, 1.807) is 11.3 Å². The molecule has 94 valence electrons. The van der Waals surface area contributed by atoms with E-state index in [-0.39, 0.29) is 0 Å². The van der Waals surface area contributed by atoms with Crippen LogP contribution in [-0.2, 0) is 6.42 Å². The van der Waals surface area contributed by atoms with Crippen LogP contribution in [0.3, 0.4) is 0 Å². The smallest absolute Gasteiger partial charge is 0.0934 e. The molecule has 1 aliphatic rings. The molecule has 0 bridgehead atoms. The van der Waals surface area contributed by atoms with Gasteiger partial charge in [-0.1, -0.05) is 36.7 Å². The first kappa shape index (κ1) is 12.2. The molecule has 0 radical (unpaired) electrons. The van der Waals surface area contributed by atoms with Crippen molar-refractivity contribution >= 4 is 22.9 Å². The number of halogens is 1. The minimum atomic E-state index is 0.528. The fraction of sp³-hybridized carbons (Fsp3) is 0.333. The number of nitrogens with one attached hydrogen (secondary N) is 1. The molecule has 0 fully saturated rings. The van der Waals surface area contributed by atoms with Gasteiger partial charge in [0.25, 0.3) is 0 Å². The summed E-state index contributed by atoms with van der Waals surface area (Å²) >= 11 is 7.71. The Balaban J connectivity index is 2.03. The van der Waals surface area contributed by atoms with Gasteiger partial charge >= 0.3 is 0 Å². The molecule has 1 aromatic carbocycles. The van der Waals surface area contributed by atoms with Gasteiger partial charge in [0.2, 0.25) is 0 Å². The van der Waals surface area contributed by atoms with Crippen molar-refractivity contribution in [2.75, 3.05) is 6.54 Å². The second kappa shape index (κ2) is 5.04. The predicted octanol–water partition coefficient (Wildman–Crippen LogP) is 4.67. The van der Waals surface area contributed by atoms with Crippen molar-refractivity contribution in [2.45, 2.75) is 25.8 Å². The van der Waals surface area contributed by atoms with Crippen LogP contribution in [0, 0.1) is 0 Å². The fourth-order valence-corrected chi connectivity index (χ4v) is 3.90. The predicted molar refractivity (Wildman–Crippen MR) is 79.5 cm³/mol. The molecule has 0 saturated carbocycles. The number of hydrogen-bond donors (Lipinski definition) is 1. The fourth-order valence-electron chi connectivity index (χ4n) is 2.80. The summed E-state index contributed by atoms with van der Waals surface area (Å²) in [7, 11) is 0. The van der Waals surface area contributed by atoms with Gasteiger partial charge in [-0.2, -0.15) is 0 Å². The van der Waals surface area contributed by atoms with E-state index in [2.05, 4.69) is 36.5 Å². The first-order chi connectivity index (χ1) is 8.79. The molecule has 18 heavy (non-hydrogen) atoms. The molecule has 1 aromatic heterocycles. The van der Waals surface area contributed by atoms with Gasteiger partial charge < -0.3 is 5.32 Å². The van der Waals surface area contributed by atoms with E-state index in [9.17, 15) is 0 Å². The van der Waals surface area contributed by atoms with Crippen LogP contribution in [0.2, 0.25) is 4.34 Å². The molecule has 1 unspecified atom stereocenters. The summed E-state index contributed by atoms with van der Waals surface area (Å²) in [4.78, 5) is 1.29. The highest BCUT2D eigenvalue weighted by molar-refractivity contribution is 7.19. The van der Waals surface area contributed by atoms with Crippen molar-refractivity contribution in [1.29, 1.82) is 0 Å². The van der Waals surface area contributed by atoms with Crippen molar-refractivity contribution in [3.8, 4) is 10.4 Å². The van der Waals surface area contributed by atoms with Gasteiger partial charge in [-0.05, 0) is 48.2 Å². The molecular weight excluding hydrogens is 262 g/mol. The average molecular weight is 278 g/mol. The molecule has 1 heterocycles. The van der Waals surface area contributed by atoms with Gasteiger partial charge in [0.15, 0.2) is 0 Å². The van der Waals surface area contributed by atoms with E-state index >= 15 is 0 Å². The van der Waals surface area contributed by atoms with E-state index in [0.717, 1.165) is 10.9 Å². The van der Waals surface area contributed by atoms with Crippen molar-refractivity contribution in [3.63, 3.8) is 0 Å². The van der Waals surface area contributed by atoms with Gasteiger partial charge in [0, 0.05) is 10.9 Å². The summed E-state index contributed by atoms with van der Waals surface area (Å²) in [5.41, 5.74) is 4.34. The van der Waals surface area contributed by atoms with Crippen molar-refractivity contribution in [3.05, 3.63) is 45.8 Å². The Kier molecular flexibility index (Phi) is 3.42. The zero-order valence-corrected chi connectivity index (χ0v) is 11.9. The Morgan fingerprint density at radius 1 is 1.33 bits per heavy atom. The minimum Gasteiger partial charge on any atom is -0.310 e. The second-order valence-corrected chi connectivity index (χ2v) is 6.34. The molecule has 0 amide bonds. The molecular formula is C15H16ClNS. The largest absolute Gasteiger partial charge is 0.310 e. The van der Waals surface area contributed by atoms with Crippen LogP contribution in [0.15, 0.2) is 30.3 Å². The summed E-state index contributed by atoms with van der Waals surface area (Å²) in [5, 5.41) is 3.56. The number of thiophene rings is 1. The molecule has 1 atom stereocenters. The zero-order valence-electron chi connectivity index (χ0n) is 10.4. The van der Waals surface area contributed by atoms with E-state index in [1.807, 2.05) is 6.07 Å². The van der Waals surface area contributed by atoms with Crippen molar-refractivity contribution < 1.29 is 0 Å². The number of benzene rings is 1. The van der Waals surface area contributed by atoms with Gasteiger partial charge in [-0.3, -0.25) is 0 Å². The lowest BCUT2D eigenvalue weighted by Crippen LogP contribution is -2.18. The van der Waals surface area contributed by atoms with Gasteiger partial charge in [0.05, 0.1) is 4.34 Å². The molecule has 0 aliphatic heterocycles. The lowest BCUT2D eigenvalue weighted by Gasteiger charge is -2.13. The summed E-state index contributed by atoms with van der Waals surface area (Å²) in [6, 6.07) is 11.3. The molecule has 1 nitrogen and oxygen atoms in total. The summed E-state index contributed by atoms with van der Waals surface area (Å²) in [5.74, 6) is 0. The quantitative estimate of drug-likeness (QED) is 0.860. The lowest BCUT2D eigenvalue weighted by molar-refractivity contribution is 0.549. The summed E-state index contributed by atoms with van der Waals surface area (Å²) in [6.45, 7) is 3.19. The van der Waals surface area contributed by atoms with Gasteiger partial charge in [-0.15, -0.1) is 11.3 Å².